The van der Waals surface area contributed by atoms with E-state index in [1.165, 1.54) is 0 Å². The minimum Gasteiger partial charge on any atom is -0.479 e. The van der Waals surface area contributed by atoms with Crippen LogP contribution in [0.4, 0.5) is 0 Å². The summed E-state index contributed by atoms with van der Waals surface area (Å²) >= 11 is 0. The van der Waals surface area contributed by atoms with Gasteiger partial charge in [0.1, 0.15) is 0 Å². The number of nitrogens with one attached hydrogen (secondary N) is 1. The molecule has 0 aromatic heterocycles. The summed E-state index contributed by atoms with van der Waals surface area (Å²) in [6, 6.07) is 0. The topological polar surface area (TPSA) is 58.6 Å². The lowest BCUT2D eigenvalue weighted by molar-refractivity contribution is -0.153. The summed E-state index contributed by atoms with van der Waals surface area (Å²) in [5.74, 6) is -0.857. The van der Waals surface area contributed by atoms with Crippen LogP contribution in [0.25, 0.3) is 0 Å². The number of aliphatic carboxylic acids is 1. The average molecular weight is 173 g/mol. The molecule has 4 nitrogen and oxygen atoms in total. The second kappa shape index (κ2) is 4.42. The Hall–Kier alpha value is -0.610. The molecule has 1 rings (SSSR count). The van der Waals surface area contributed by atoms with Crippen LogP contribution in [0.1, 0.15) is 19.8 Å². The molecule has 12 heavy (non-hydrogen) atoms. The molecule has 2 N–H and O–H groups in total. The largest absolute Gasteiger partial charge is 0.479 e. The first-order valence-corrected chi connectivity index (χ1v) is 4.33. The standard InChI is InChI=1S/C8H15NO3/c1-2-7(8(10)11)12-6-3-4-9-5-6/h6-7,9H,2-5H2,1H3,(H,10,11)/t6?,7-/m0/s1. The van der Waals surface area contributed by atoms with Crippen LogP contribution in [0.3, 0.4) is 0 Å². The van der Waals surface area contributed by atoms with Crippen LogP contribution >= 0.6 is 0 Å². The number of hydrogen-bond acceptors (Lipinski definition) is 3. The predicted octanol–water partition coefficient (Wildman–Crippen LogP) is 0.228. The van der Waals surface area contributed by atoms with Gasteiger partial charge in [-0.15, -0.1) is 0 Å². The summed E-state index contributed by atoms with van der Waals surface area (Å²) < 4.78 is 5.36. The van der Waals surface area contributed by atoms with Crippen LogP contribution in [0.5, 0.6) is 0 Å². The van der Waals surface area contributed by atoms with Gasteiger partial charge in [-0.1, -0.05) is 6.92 Å². The highest BCUT2D eigenvalue weighted by Crippen LogP contribution is 2.09. The van der Waals surface area contributed by atoms with Crippen LogP contribution in [0, 0.1) is 0 Å². The third-order valence-electron chi connectivity index (χ3n) is 2.02. The summed E-state index contributed by atoms with van der Waals surface area (Å²) in [6.07, 6.45) is 0.913. The van der Waals surface area contributed by atoms with Gasteiger partial charge in [0.15, 0.2) is 6.10 Å². The van der Waals surface area contributed by atoms with Gasteiger partial charge >= 0.3 is 5.97 Å². The number of rotatable bonds is 4. The van der Waals surface area contributed by atoms with Crippen molar-refractivity contribution in [2.45, 2.75) is 32.0 Å². The monoisotopic (exact) mass is 173 g/mol. The lowest BCUT2D eigenvalue weighted by Gasteiger charge is -2.16. The van der Waals surface area contributed by atoms with Crippen molar-refractivity contribution in [1.82, 2.24) is 5.32 Å². The molecule has 4 heteroatoms. The zero-order valence-electron chi connectivity index (χ0n) is 7.25. The van der Waals surface area contributed by atoms with Gasteiger partial charge in [0.05, 0.1) is 6.10 Å². The molecule has 1 unspecified atom stereocenters. The van der Waals surface area contributed by atoms with E-state index >= 15 is 0 Å². The fraction of sp³-hybridized carbons (Fsp3) is 0.875. The number of carboxylic acid groups (broad SMARTS) is 1. The first-order valence-electron chi connectivity index (χ1n) is 4.33. The Bertz CT molecular complexity index is 154. The minimum absolute atomic E-state index is 0.0889. The molecule has 0 aliphatic carbocycles. The first-order chi connectivity index (χ1) is 5.74. The second-order valence-electron chi connectivity index (χ2n) is 2.99. The fourth-order valence-corrected chi connectivity index (χ4v) is 1.31. The van der Waals surface area contributed by atoms with Crippen molar-refractivity contribution < 1.29 is 14.6 Å². The molecule has 70 valence electrons. The van der Waals surface area contributed by atoms with Crippen molar-refractivity contribution in [3.63, 3.8) is 0 Å². The molecule has 0 bridgehead atoms. The zero-order valence-corrected chi connectivity index (χ0v) is 7.25. The maximum atomic E-state index is 10.6. The van der Waals surface area contributed by atoms with Crippen molar-refractivity contribution in [3.05, 3.63) is 0 Å². The van der Waals surface area contributed by atoms with E-state index in [0.717, 1.165) is 19.5 Å². The SMILES string of the molecule is CC[C@H](OC1CCNC1)C(=O)O. The molecule has 1 aliphatic rings. The van der Waals surface area contributed by atoms with Gasteiger partial charge in [-0.3, -0.25) is 0 Å². The van der Waals surface area contributed by atoms with Gasteiger partial charge in [0.25, 0.3) is 0 Å². The van der Waals surface area contributed by atoms with Gasteiger partial charge in [-0.25, -0.2) is 4.79 Å². The maximum Gasteiger partial charge on any atom is 0.332 e. The molecule has 0 spiro atoms. The average Bonchev–Trinajstić information content (AvgIpc) is 2.51. The van der Waals surface area contributed by atoms with Gasteiger partial charge < -0.3 is 15.2 Å². The van der Waals surface area contributed by atoms with Gasteiger partial charge in [0.2, 0.25) is 0 Å². The molecular formula is C8H15NO3. The fourth-order valence-electron chi connectivity index (χ4n) is 1.31. The van der Waals surface area contributed by atoms with Crippen molar-refractivity contribution in [2.24, 2.45) is 0 Å². The van der Waals surface area contributed by atoms with E-state index in [0.29, 0.717) is 6.42 Å². The molecule has 1 heterocycles. The normalized spacial score (nSPS) is 25.6. The molecule has 2 atom stereocenters. The highest BCUT2D eigenvalue weighted by Gasteiger charge is 2.23. The van der Waals surface area contributed by atoms with E-state index in [1.54, 1.807) is 0 Å². The number of hydrogen-bond donors (Lipinski definition) is 2. The maximum absolute atomic E-state index is 10.6. The Labute approximate surface area is 71.9 Å². The third-order valence-corrected chi connectivity index (χ3v) is 2.02. The molecule has 0 aromatic carbocycles. The van der Waals surface area contributed by atoms with E-state index < -0.39 is 12.1 Å². The predicted molar refractivity (Wildman–Crippen MR) is 44.1 cm³/mol. The molecule has 1 fully saturated rings. The smallest absolute Gasteiger partial charge is 0.332 e. The van der Waals surface area contributed by atoms with Crippen molar-refractivity contribution >= 4 is 5.97 Å². The Balaban J connectivity index is 2.30. The second-order valence-corrected chi connectivity index (χ2v) is 2.99. The van der Waals surface area contributed by atoms with Gasteiger partial charge in [-0.2, -0.15) is 0 Å². The van der Waals surface area contributed by atoms with Crippen LogP contribution in [0.2, 0.25) is 0 Å². The highest BCUT2D eigenvalue weighted by molar-refractivity contribution is 5.72. The summed E-state index contributed by atoms with van der Waals surface area (Å²) in [4.78, 5) is 10.6. The molecular weight excluding hydrogens is 158 g/mol. The van der Waals surface area contributed by atoms with E-state index in [1.807, 2.05) is 6.92 Å². The van der Waals surface area contributed by atoms with Crippen LogP contribution in [-0.4, -0.2) is 36.4 Å². The molecule has 1 aliphatic heterocycles. The van der Waals surface area contributed by atoms with Gasteiger partial charge in [-0.05, 0) is 19.4 Å². The molecule has 0 amide bonds. The summed E-state index contributed by atoms with van der Waals surface area (Å²) in [5, 5.41) is 11.8. The molecule has 0 radical (unpaired) electrons. The van der Waals surface area contributed by atoms with E-state index in [4.69, 9.17) is 9.84 Å². The van der Waals surface area contributed by atoms with E-state index in [2.05, 4.69) is 5.32 Å². The summed E-state index contributed by atoms with van der Waals surface area (Å²) in [7, 11) is 0. The quantitative estimate of drug-likeness (QED) is 0.639. The van der Waals surface area contributed by atoms with Crippen molar-refractivity contribution in [3.8, 4) is 0 Å². The van der Waals surface area contributed by atoms with Gasteiger partial charge in [0, 0.05) is 6.54 Å². The lowest BCUT2D eigenvalue weighted by atomic mass is 10.2. The number of carbonyl (C=O) groups is 1. The summed E-state index contributed by atoms with van der Waals surface area (Å²) in [6.45, 7) is 3.53. The zero-order chi connectivity index (χ0) is 8.97. The Kier molecular flexibility index (Phi) is 3.49. The molecule has 0 aromatic rings. The Morgan fingerprint density at radius 3 is 3.00 bits per heavy atom. The Morgan fingerprint density at radius 1 is 1.83 bits per heavy atom. The Morgan fingerprint density at radius 2 is 2.58 bits per heavy atom. The lowest BCUT2D eigenvalue weighted by Crippen LogP contribution is -2.29. The minimum atomic E-state index is -0.857. The van der Waals surface area contributed by atoms with Crippen LogP contribution in [-0.2, 0) is 9.53 Å². The summed E-state index contributed by atoms with van der Waals surface area (Å²) in [5.41, 5.74) is 0. The molecule has 0 saturated carbocycles. The van der Waals surface area contributed by atoms with Crippen molar-refractivity contribution in [1.29, 1.82) is 0 Å². The van der Waals surface area contributed by atoms with E-state index in [9.17, 15) is 4.79 Å². The third kappa shape index (κ3) is 2.46. The highest BCUT2D eigenvalue weighted by atomic mass is 16.5. The van der Waals surface area contributed by atoms with Crippen LogP contribution < -0.4 is 5.32 Å². The van der Waals surface area contributed by atoms with Crippen molar-refractivity contribution in [2.75, 3.05) is 13.1 Å². The van der Waals surface area contributed by atoms with E-state index in [-0.39, 0.29) is 6.10 Å². The first kappa shape index (κ1) is 9.48. The number of ether oxygens (including phenoxy) is 1. The van der Waals surface area contributed by atoms with Crippen LogP contribution in [0.15, 0.2) is 0 Å². The molecule has 1 saturated heterocycles. The number of carboxylic acids is 1.